The summed E-state index contributed by atoms with van der Waals surface area (Å²) < 4.78 is 5.71. The molecule has 6 rings (SSSR count). The Kier molecular flexibility index (Phi) is 4.12. The van der Waals surface area contributed by atoms with Crippen molar-refractivity contribution in [2.75, 3.05) is 0 Å². The molecule has 7 heteroatoms. The third-order valence-corrected chi connectivity index (χ3v) is 8.00. The number of hydrogen-bond acceptors (Lipinski definition) is 6. The number of carbonyl (C=O) groups excluding carboxylic acids is 1. The minimum Gasteiger partial charge on any atom is -0.410 e. The number of carbonyl (C=O) groups is 1. The van der Waals surface area contributed by atoms with Gasteiger partial charge in [-0.25, -0.2) is 0 Å². The molecule has 1 atom stereocenters. The van der Waals surface area contributed by atoms with Crippen molar-refractivity contribution in [2.45, 2.75) is 61.5 Å². The summed E-state index contributed by atoms with van der Waals surface area (Å²) >= 11 is 2.92. The highest BCUT2D eigenvalue weighted by atomic mass is 32.2. The molecule has 4 bridgehead atoms. The lowest BCUT2D eigenvalue weighted by Crippen LogP contribution is -2.60. The van der Waals surface area contributed by atoms with Crippen LogP contribution in [0.4, 0.5) is 0 Å². The van der Waals surface area contributed by atoms with Crippen molar-refractivity contribution in [3.8, 4) is 10.8 Å². The number of rotatable bonds is 5. The normalized spacial score (nSPS) is 33.3. The average Bonchev–Trinajstić information content (AvgIpc) is 3.23. The van der Waals surface area contributed by atoms with E-state index >= 15 is 0 Å². The van der Waals surface area contributed by atoms with Crippen LogP contribution in [-0.2, 0) is 4.79 Å². The van der Waals surface area contributed by atoms with Crippen LogP contribution in [0.5, 0.6) is 0 Å². The second kappa shape index (κ2) is 6.37. The maximum Gasteiger partial charge on any atom is 0.277 e. The van der Waals surface area contributed by atoms with Gasteiger partial charge in [-0.05, 0) is 74.6 Å². The maximum absolute atomic E-state index is 12.8. The summed E-state index contributed by atoms with van der Waals surface area (Å²) in [4.78, 5) is 13.8. The zero-order valence-corrected chi connectivity index (χ0v) is 16.4. The van der Waals surface area contributed by atoms with Gasteiger partial charge in [0.2, 0.25) is 5.91 Å². The monoisotopic (exact) mass is 389 g/mol. The lowest BCUT2D eigenvalue weighted by Gasteiger charge is -2.57. The lowest BCUT2D eigenvalue weighted by molar-refractivity contribution is -0.126. The molecule has 26 heavy (non-hydrogen) atoms. The van der Waals surface area contributed by atoms with Gasteiger partial charge < -0.3 is 9.73 Å². The molecule has 0 aliphatic heterocycles. The van der Waals surface area contributed by atoms with E-state index in [4.69, 9.17) is 4.42 Å². The maximum atomic E-state index is 12.8. The number of thioether (sulfide) groups is 1. The fourth-order valence-electron chi connectivity index (χ4n) is 5.59. The van der Waals surface area contributed by atoms with Crippen molar-refractivity contribution >= 4 is 29.0 Å². The molecule has 4 fully saturated rings. The van der Waals surface area contributed by atoms with Crippen LogP contribution in [0.3, 0.4) is 0 Å². The first-order valence-electron chi connectivity index (χ1n) is 9.45. The molecule has 1 unspecified atom stereocenters. The highest BCUT2D eigenvalue weighted by molar-refractivity contribution is 8.00. The van der Waals surface area contributed by atoms with E-state index in [0.29, 0.717) is 11.1 Å². The number of nitrogens with one attached hydrogen (secondary N) is 1. The lowest BCUT2D eigenvalue weighted by atomic mass is 9.53. The summed E-state index contributed by atoms with van der Waals surface area (Å²) in [5.41, 5.74) is 0.0532. The van der Waals surface area contributed by atoms with Gasteiger partial charge in [0.15, 0.2) is 0 Å². The Hall–Kier alpha value is -1.34. The summed E-state index contributed by atoms with van der Waals surface area (Å²) in [5.74, 6) is 3.11. The molecule has 0 aromatic carbocycles. The zero-order chi connectivity index (χ0) is 17.7. The third-order valence-electron chi connectivity index (χ3n) is 6.21. The van der Waals surface area contributed by atoms with E-state index in [9.17, 15) is 4.79 Å². The third kappa shape index (κ3) is 3.09. The predicted octanol–water partition coefficient (Wildman–Crippen LogP) is 4.36. The molecule has 0 spiro atoms. The fraction of sp³-hybridized carbons (Fsp3) is 0.632. The van der Waals surface area contributed by atoms with Crippen LogP contribution in [0.25, 0.3) is 10.8 Å². The second-order valence-corrected chi connectivity index (χ2v) is 10.5. The Balaban J connectivity index is 1.23. The SMILES string of the molecule is CC(Sc1nnc(-c2cccs2)o1)C(=O)NC12CC3CC(CC(C3)C1)C2. The Morgan fingerprint density at radius 3 is 2.58 bits per heavy atom. The van der Waals surface area contributed by atoms with Crippen molar-refractivity contribution in [3.05, 3.63) is 17.5 Å². The van der Waals surface area contributed by atoms with Crippen LogP contribution in [0.2, 0.25) is 0 Å². The number of amides is 1. The largest absolute Gasteiger partial charge is 0.410 e. The van der Waals surface area contributed by atoms with Gasteiger partial charge in [-0.1, -0.05) is 17.8 Å². The summed E-state index contributed by atoms with van der Waals surface area (Å²) in [6.45, 7) is 1.93. The Morgan fingerprint density at radius 2 is 1.96 bits per heavy atom. The Labute approximate surface area is 161 Å². The van der Waals surface area contributed by atoms with Crippen LogP contribution in [0.1, 0.15) is 45.4 Å². The van der Waals surface area contributed by atoms with Crippen molar-refractivity contribution < 1.29 is 9.21 Å². The molecule has 5 nitrogen and oxygen atoms in total. The van der Waals surface area contributed by atoms with E-state index in [1.165, 1.54) is 50.3 Å². The molecule has 4 aliphatic rings. The van der Waals surface area contributed by atoms with Gasteiger partial charge in [0.1, 0.15) is 0 Å². The minimum atomic E-state index is -0.236. The van der Waals surface area contributed by atoms with Gasteiger partial charge >= 0.3 is 0 Å². The zero-order valence-electron chi connectivity index (χ0n) is 14.8. The highest BCUT2D eigenvalue weighted by Gasteiger charge is 2.51. The van der Waals surface area contributed by atoms with Crippen molar-refractivity contribution in [2.24, 2.45) is 17.8 Å². The average molecular weight is 390 g/mol. The van der Waals surface area contributed by atoms with E-state index in [-0.39, 0.29) is 16.7 Å². The van der Waals surface area contributed by atoms with Crippen molar-refractivity contribution in [1.29, 1.82) is 0 Å². The minimum absolute atomic E-state index is 0.0532. The van der Waals surface area contributed by atoms with Gasteiger partial charge in [-0.2, -0.15) is 0 Å². The molecular formula is C19H23N3O2S2. The number of thiophene rings is 1. The van der Waals surface area contributed by atoms with Gasteiger partial charge in [-0.3, -0.25) is 4.79 Å². The summed E-state index contributed by atoms with van der Waals surface area (Å²) in [7, 11) is 0. The molecule has 2 aromatic heterocycles. The van der Waals surface area contributed by atoms with Crippen LogP contribution >= 0.6 is 23.1 Å². The Bertz CT molecular complexity index is 766. The molecule has 2 aromatic rings. The smallest absolute Gasteiger partial charge is 0.277 e. The van der Waals surface area contributed by atoms with Gasteiger partial charge in [0.25, 0.3) is 11.1 Å². The van der Waals surface area contributed by atoms with Crippen molar-refractivity contribution in [3.63, 3.8) is 0 Å². The molecule has 138 valence electrons. The first kappa shape index (κ1) is 16.8. The van der Waals surface area contributed by atoms with Crippen LogP contribution in [0.15, 0.2) is 27.2 Å². The van der Waals surface area contributed by atoms with Crippen LogP contribution in [-0.4, -0.2) is 26.9 Å². The number of hydrogen-bond donors (Lipinski definition) is 1. The van der Waals surface area contributed by atoms with Crippen LogP contribution in [0, 0.1) is 17.8 Å². The standard InChI is InChI=1S/C19H23N3O2S2/c1-11(26-18-22-21-17(24-18)15-3-2-4-25-15)16(23)20-19-8-12-5-13(9-19)7-14(6-12)10-19/h2-4,11-14H,5-10H2,1H3,(H,20,23). The summed E-state index contributed by atoms with van der Waals surface area (Å²) in [6, 6.07) is 3.91. The molecule has 4 aliphatic carbocycles. The van der Waals surface area contributed by atoms with Crippen LogP contribution < -0.4 is 5.32 Å². The van der Waals surface area contributed by atoms with Gasteiger partial charge in [0, 0.05) is 5.54 Å². The second-order valence-electron chi connectivity index (χ2n) is 8.30. The Morgan fingerprint density at radius 1 is 1.27 bits per heavy atom. The topological polar surface area (TPSA) is 68.0 Å². The van der Waals surface area contributed by atoms with Crippen molar-refractivity contribution in [1.82, 2.24) is 15.5 Å². The number of nitrogens with zero attached hydrogens (tertiary/aromatic N) is 2. The molecule has 1 N–H and O–H groups in total. The molecule has 0 radical (unpaired) electrons. The summed E-state index contributed by atoms with van der Waals surface area (Å²) in [5, 5.41) is 13.8. The van der Waals surface area contributed by atoms with E-state index in [1.807, 2.05) is 24.4 Å². The van der Waals surface area contributed by atoms with E-state index < -0.39 is 0 Å². The predicted molar refractivity (Wildman–Crippen MR) is 102 cm³/mol. The van der Waals surface area contributed by atoms with Gasteiger partial charge in [-0.15, -0.1) is 21.5 Å². The first-order valence-corrected chi connectivity index (χ1v) is 11.2. The first-order chi connectivity index (χ1) is 12.6. The van der Waals surface area contributed by atoms with Gasteiger partial charge in [0.05, 0.1) is 10.1 Å². The van der Waals surface area contributed by atoms with E-state index in [1.54, 1.807) is 11.3 Å². The molecule has 4 saturated carbocycles. The quantitative estimate of drug-likeness (QED) is 0.770. The molecule has 1 amide bonds. The molecular weight excluding hydrogens is 366 g/mol. The highest BCUT2D eigenvalue weighted by Crippen LogP contribution is 2.55. The van der Waals surface area contributed by atoms with E-state index in [2.05, 4.69) is 15.5 Å². The van der Waals surface area contributed by atoms with E-state index in [0.717, 1.165) is 22.6 Å². The summed E-state index contributed by atoms with van der Waals surface area (Å²) in [6.07, 6.45) is 7.66. The molecule has 0 saturated heterocycles. The fourth-order valence-corrected chi connectivity index (χ4v) is 6.92. The molecule has 2 heterocycles. The number of aromatic nitrogens is 2.